The minimum atomic E-state index is 0.454. The van der Waals surface area contributed by atoms with Crippen molar-refractivity contribution in [3.05, 3.63) is 29.8 Å². The Bertz CT molecular complexity index is 369. The second-order valence-corrected chi connectivity index (χ2v) is 5.91. The van der Waals surface area contributed by atoms with Gasteiger partial charge < -0.3 is 4.74 Å². The topological polar surface area (TPSA) is 47.3 Å². The summed E-state index contributed by atoms with van der Waals surface area (Å²) < 4.78 is 5.19. The molecule has 1 aliphatic rings. The van der Waals surface area contributed by atoms with E-state index in [4.69, 9.17) is 10.6 Å². The highest BCUT2D eigenvalue weighted by molar-refractivity contribution is 5.27. The maximum atomic E-state index is 5.79. The normalized spacial score (nSPS) is 18.5. The van der Waals surface area contributed by atoms with Crippen LogP contribution in [0.15, 0.2) is 24.3 Å². The number of ether oxygens (including phenoxy) is 1. The van der Waals surface area contributed by atoms with E-state index in [1.165, 1.54) is 44.1 Å². The molecule has 0 heterocycles. The lowest BCUT2D eigenvalue weighted by atomic mass is 9.88. The molecule has 1 atom stereocenters. The molecule has 0 radical (unpaired) electrons. The molecule has 1 unspecified atom stereocenters. The summed E-state index contributed by atoms with van der Waals surface area (Å²) in [6.07, 6.45) is 10.4. The predicted molar refractivity (Wildman–Crippen MR) is 83.6 cm³/mol. The Morgan fingerprint density at radius 3 is 2.35 bits per heavy atom. The van der Waals surface area contributed by atoms with Crippen molar-refractivity contribution in [2.24, 2.45) is 11.8 Å². The van der Waals surface area contributed by atoms with Crippen molar-refractivity contribution in [3.63, 3.8) is 0 Å². The molecule has 0 bridgehead atoms. The van der Waals surface area contributed by atoms with Crippen molar-refractivity contribution in [3.8, 4) is 5.75 Å². The van der Waals surface area contributed by atoms with E-state index in [9.17, 15) is 0 Å². The molecule has 0 aromatic heterocycles. The Kier molecular flexibility index (Phi) is 6.34. The van der Waals surface area contributed by atoms with Crippen molar-refractivity contribution < 1.29 is 4.74 Å². The largest absolute Gasteiger partial charge is 0.497 e. The first-order valence-electron chi connectivity index (χ1n) is 7.92. The van der Waals surface area contributed by atoms with Crippen LogP contribution in [-0.2, 0) is 6.42 Å². The van der Waals surface area contributed by atoms with E-state index in [0.29, 0.717) is 6.04 Å². The molecule has 1 aliphatic carbocycles. The Morgan fingerprint density at radius 1 is 1.15 bits per heavy atom. The first kappa shape index (κ1) is 15.3. The van der Waals surface area contributed by atoms with Gasteiger partial charge in [-0.15, -0.1) is 0 Å². The van der Waals surface area contributed by atoms with Crippen LogP contribution in [0, 0.1) is 5.92 Å². The summed E-state index contributed by atoms with van der Waals surface area (Å²) in [5.41, 5.74) is 4.43. The van der Waals surface area contributed by atoms with Gasteiger partial charge in [-0.1, -0.05) is 37.8 Å². The van der Waals surface area contributed by atoms with E-state index >= 15 is 0 Å². The van der Waals surface area contributed by atoms with Crippen molar-refractivity contribution in [2.45, 2.75) is 57.4 Å². The zero-order valence-electron chi connectivity index (χ0n) is 12.6. The van der Waals surface area contributed by atoms with Gasteiger partial charge in [0, 0.05) is 6.04 Å². The van der Waals surface area contributed by atoms with Crippen LogP contribution in [0.2, 0.25) is 0 Å². The molecule has 2 rings (SSSR count). The fourth-order valence-corrected chi connectivity index (χ4v) is 3.28. The Hall–Kier alpha value is -1.06. The summed E-state index contributed by atoms with van der Waals surface area (Å²) in [5.74, 6) is 7.47. The van der Waals surface area contributed by atoms with Gasteiger partial charge in [0.1, 0.15) is 5.75 Å². The Labute approximate surface area is 122 Å². The molecule has 1 saturated carbocycles. The average Bonchev–Trinajstić information content (AvgIpc) is 2.78. The molecule has 1 fully saturated rings. The molecule has 0 aliphatic heterocycles. The molecule has 3 N–H and O–H groups in total. The first-order valence-corrected chi connectivity index (χ1v) is 7.92. The molecule has 20 heavy (non-hydrogen) atoms. The van der Waals surface area contributed by atoms with Gasteiger partial charge in [0.2, 0.25) is 0 Å². The van der Waals surface area contributed by atoms with Gasteiger partial charge in [-0.3, -0.25) is 11.3 Å². The summed E-state index contributed by atoms with van der Waals surface area (Å²) in [5, 5.41) is 0. The van der Waals surface area contributed by atoms with Crippen molar-refractivity contribution in [1.82, 2.24) is 5.43 Å². The standard InChI is InChI=1S/C17H28N2O/c1-20-16-11-8-14(9-12-16)10-13-17(19-18)15-6-4-2-3-5-7-15/h8-9,11-12,15,17,19H,2-7,10,13,18H2,1H3. The van der Waals surface area contributed by atoms with Gasteiger partial charge in [-0.25, -0.2) is 0 Å². The second kappa shape index (κ2) is 8.28. The van der Waals surface area contributed by atoms with Crippen LogP contribution in [0.3, 0.4) is 0 Å². The molecule has 0 saturated heterocycles. The Morgan fingerprint density at radius 2 is 1.80 bits per heavy atom. The minimum absolute atomic E-state index is 0.454. The van der Waals surface area contributed by atoms with Crippen molar-refractivity contribution in [1.29, 1.82) is 0 Å². The van der Waals surface area contributed by atoms with E-state index in [0.717, 1.165) is 24.5 Å². The van der Waals surface area contributed by atoms with E-state index in [2.05, 4.69) is 17.6 Å². The number of benzene rings is 1. The van der Waals surface area contributed by atoms with Crippen LogP contribution >= 0.6 is 0 Å². The molecule has 0 spiro atoms. The molecule has 1 aromatic carbocycles. The van der Waals surface area contributed by atoms with Gasteiger partial charge in [-0.2, -0.15) is 0 Å². The van der Waals surface area contributed by atoms with E-state index < -0.39 is 0 Å². The number of aryl methyl sites for hydroxylation is 1. The maximum Gasteiger partial charge on any atom is 0.118 e. The van der Waals surface area contributed by atoms with Gasteiger partial charge in [0.15, 0.2) is 0 Å². The van der Waals surface area contributed by atoms with E-state index in [-0.39, 0.29) is 0 Å². The summed E-state index contributed by atoms with van der Waals surface area (Å²) in [6, 6.07) is 8.83. The summed E-state index contributed by atoms with van der Waals surface area (Å²) in [4.78, 5) is 0. The molecular formula is C17H28N2O. The SMILES string of the molecule is COc1ccc(CCC(NN)C2CCCCCC2)cc1. The highest BCUT2D eigenvalue weighted by Crippen LogP contribution is 2.27. The first-order chi connectivity index (χ1) is 9.83. The highest BCUT2D eigenvalue weighted by Gasteiger charge is 2.21. The van der Waals surface area contributed by atoms with Gasteiger partial charge in [0.05, 0.1) is 7.11 Å². The van der Waals surface area contributed by atoms with Crippen LogP contribution in [0.4, 0.5) is 0 Å². The number of methoxy groups -OCH3 is 1. The number of nitrogens with two attached hydrogens (primary N) is 1. The van der Waals surface area contributed by atoms with Crippen LogP contribution in [0.5, 0.6) is 5.75 Å². The second-order valence-electron chi connectivity index (χ2n) is 5.91. The third-order valence-electron chi connectivity index (χ3n) is 4.59. The van der Waals surface area contributed by atoms with E-state index in [1.54, 1.807) is 7.11 Å². The predicted octanol–water partition coefficient (Wildman–Crippen LogP) is 3.43. The van der Waals surface area contributed by atoms with Gasteiger partial charge in [0.25, 0.3) is 0 Å². The minimum Gasteiger partial charge on any atom is -0.497 e. The van der Waals surface area contributed by atoms with Gasteiger partial charge in [-0.05, 0) is 49.3 Å². The number of hydrogen-bond acceptors (Lipinski definition) is 3. The molecular weight excluding hydrogens is 248 g/mol. The number of nitrogens with one attached hydrogen (secondary N) is 1. The number of hydrazine groups is 1. The van der Waals surface area contributed by atoms with Crippen LogP contribution in [0.25, 0.3) is 0 Å². The van der Waals surface area contributed by atoms with Gasteiger partial charge >= 0.3 is 0 Å². The van der Waals surface area contributed by atoms with Crippen molar-refractivity contribution in [2.75, 3.05) is 7.11 Å². The average molecular weight is 276 g/mol. The summed E-state index contributed by atoms with van der Waals surface area (Å²) in [6.45, 7) is 0. The summed E-state index contributed by atoms with van der Waals surface area (Å²) >= 11 is 0. The lowest BCUT2D eigenvalue weighted by molar-refractivity contribution is 0.307. The number of hydrogen-bond donors (Lipinski definition) is 2. The number of rotatable bonds is 6. The zero-order valence-corrected chi connectivity index (χ0v) is 12.6. The monoisotopic (exact) mass is 276 g/mol. The lowest BCUT2D eigenvalue weighted by Gasteiger charge is -2.25. The molecule has 0 amide bonds. The zero-order chi connectivity index (χ0) is 14.2. The fourth-order valence-electron chi connectivity index (χ4n) is 3.28. The van der Waals surface area contributed by atoms with E-state index in [1.807, 2.05) is 12.1 Å². The summed E-state index contributed by atoms with van der Waals surface area (Å²) in [7, 11) is 1.70. The molecule has 112 valence electrons. The third-order valence-corrected chi connectivity index (χ3v) is 4.59. The third kappa shape index (κ3) is 4.50. The maximum absolute atomic E-state index is 5.79. The molecule has 1 aromatic rings. The quantitative estimate of drug-likeness (QED) is 0.475. The Balaban J connectivity index is 1.85. The molecule has 3 heteroatoms. The van der Waals surface area contributed by atoms with Crippen LogP contribution in [-0.4, -0.2) is 13.2 Å². The van der Waals surface area contributed by atoms with Crippen LogP contribution < -0.4 is 16.0 Å². The van der Waals surface area contributed by atoms with Crippen LogP contribution in [0.1, 0.15) is 50.5 Å². The molecule has 3 nitrogen and oxygen atoms in total. The smallest absolute Gasteiger partial charge is 0.118 e. The lowest BCUT2D eigenvalue weighted by Crippen LogP contribution is -2.41. The fraction of sp³-hybridized carbons (Fsp3) is 0.647. The highest BCUT2D eigenvalue weighted by atomic mass is 16.5. The van der Waals surface area contributed by atoms with Crippen molar-refractivity contribution >= 4 is 0 Å².